The maximum Gasteiger partial charge on any atom is 0.251 e. The summed E-state index contributed by atoms with van der Waals surface area (Å²) in [6.07, 6.45) is 0. The summed E-state index contributed by atoms with van der Waals surface area (Å²) in [5, 5.41) is 13.2. The summed E-state index contributed by atoms with van der Waals surface area (Å²) in [6, 6.07) is 1.66. The number of amidine groups is 1. The molecule has 0 aliphatic heterocycles. The monoisotopic (exact) mass is 355 g/mol. The van der Waals surface area contributed by atoms with Gasteiger partial charge >= 0.3 is 0 Å². The summed E-state index contributed by atoms with van der Waals surface area (Å²) in [7, 11) is -3.59. The van der Waals surface area contributed by atoms with E-state index in [9.17, 15) is 8.42 Å². The summed E-state index contributed by atoms with van der Waals surface area (Å²) in [5.41, 5.74) is 4.71. The van der Waals surface area contributed by atoms with Crippen LogP contribution in [-0.4, -0.2) is 26.0 Å². The molecular formula is C9H14BrN3O3S2. The molecule has 1 aromatic rings. The van der Waals surface area contributed by atoms with Gasteiger partial charge in [-0.25, -0.2) is 13.1 Å². The van der Waals surface area contributed by atoms with Crippen LogP contribution in [0, 0.1) is 5.41 Å². The molecule has 0 saturated carbocycles. The molecule has 0 aliphatic carbocycles. The Labute approximate surface area is 118 Å². The van der Waals surface area contributed by atoms with Crippen LogP contribution in [0.1, 0.15) is 13.8 Å². The molecule has 0 bridgehead atoms. The van der Waals surface area contributed by atoms with Gasteiger partial charge in [-0.15, -0.1) is 11.3 Å². The lowest BCUT2D eigenvalue weighted by Gasteiger charge is -2.22. The van der Waals surface area contributed by atoms with Gasteiger partial charge in [0.15, 0.2) is 0 Å². The van der Waals surface area contributed by atoms with E-state index in [1.807, 2.05) is 0 Å². The molecular weight excluding hydrogens is 342 g/mol. The molecule has 0 unspecified atom stereocenters. The zero-order chi connectivity index (χ0) is 14.0. The van der Waals surface area contributed by atoms with Crippen LogP contribution in [0.3, 0.4) is 0 Å². The van der Waals surface area contributed by atoms with E-state index in [1.54, 1.807) is 25.3 Å². The topological polar surface area (TPSA) is 105 Å². The first kappa shape index (κ1) is 15.4. The highest BCUT2D eigenvalue weighted by atomic mass is 79.9. The van der Waals surface area contributed by atoms with Gasteiger partial charge in [-0.1, -0.05) is 19.0 Å². The van der Waals surface area contributed by atoms with E-state index >= 15 is 0 Å². The van der Waals surface area contributed by atoms with Crippen LogP contribution in [0.4, 0.5) is 0 Å². The van der Waals surface area contributed by atoms with Crippen LogP contribution in [-0.2, 0) is 10.0 Å². The summed E-state index contributed by atoms with van der Waals surface area (Å²) in [6.45, 7) is 3.39. The Balaban J connectivity index is 2.84. The molecule has 4 N–H and O–H groups in total. The first-order valence-corrected chi connectivity index (χ1v) is 8.07. The summed E-state index contributed by atoms with van der Waals surface area (Å²) in [5.74, 6) is -0.0320. The smallest absolute Gasteiger partial charge is 0.251 e. The van der Waals surface area contributed by atoms with Crippen LogP contribution in [0.2, 0.25) is 0 Å². The molecule has 6 nitrogen and oxygen atoms in total. The van der Waals surface area contributed by atoms with Gasteiger partial charge in [0, 0.05) is 16.4 Å². The lowest BCUT2D eigenvalue weighted by molar-refractivity contribution is 0.307. The second-order valence-electron chi connectivity index (χ2n) is 4.25. The predicted octanol–water partition coefficient (Wildman–Crippen LogP) is 1.56. The fourth-order valence-electron chi connectivity index (χ4n) is 1.04. The Morgan fingerprint density at radius 2 is 2.28 bits per heavy atom. The number of nitrogens with one attached hydrogen (secondary N) is 1. The van der Waals surface area contributed by atoms with Crippen molar-refractivity contribution in [1.82, 2.24) is 4.72 Å². The molecule has 0 amide bonds. The minimum Gasteiger partial charge on any atom is -0.409 e. The van der Waals surface area contributed by atoms with Crippen molar-refractivity contribution in [1.29, 1.82) is 0 Å². The van der Waals surface area contributed by atoms with Gasteiger partial charge in [0.25, 0.3) is 10.0 Å². The first-order valence-electron chi connectivity index (χ1n) is 4.91. The van der Waals surface area contributed by atoms with E-state index in [4.69, 9.17) is 10.9 Å². The van der Waals surface area contributed by atoms with Crippen molar-refractivity contribution in [2.75, 3.05) is 6.54 Å². The van der Waals surface area contributed by atoms with Crippen molar-refractivity contribution >= 4 is 43.1 Å². The van der Waals surface area contributed by atoms with Crippen molar-refractivity contribution in [3.8, 4) is 0 Å². The second-order valence-corrected chi connectivity index (χ2v) is 7.98. The number of sulfonamides is 1. The summed E-state index contributed by atoms with van der Waals surface area (Å²) < 4.78 is 27.2. The van der Waals surface area contributed by atoms with Gasteiger partial charge in [-0.05, 0) is 27.4 Å². The highest BCUT2D eigenvalue weighted by Crippen LogP contribution is 2.27. The quantitative estimate of drug-likeness (QED) is 0.322. The third kappa shape index (κ3) is 3.44. The Bertz CT molecular complexity index is 551. The van der Waals surface area contributed by atoms with E-state index < -0.39 is 15.4 Å². The van der Waals surface area contributed by atoms with Crippen LogP contribution in [0.25, 0.3) is 0 Å². The van der Waals surface area contributed by atoms with Crippen molar-refractivity contribution in [2.45, 2.75) is 18.1 Å². The highest BCUT2D eigenvalue weighted by molar-refractivity contribution is 9.10. The fourth-order valence-corrected chi connectivity index (χ4v) is 4.63. The highest BCUT2D eigenvalue weighted by Gasteiger charge is 2.27. The first-order chi connectivity index (χ1) is 8.20. The number of halogens is 1. The molecule has 0 aliphatic rings. The van der Waals surface area contributed by atoms with Crippen LogP contribution < -0.4 is 10.5 Å². The van der Waals surface area contributed by atoms with Crippen LogP contribution in [0.5, 0.6) is 0 Å². The van der Waals surface area contributed by atoms with E-state index in [0.29, 0.717) is 4.47 Å². The fraction of sp³-hybridized carbons (Fsp3) is 0.444. The number of hydrogen-bond donors (Lipinski definition) is 3. The number of hydrogen-bond acceptors (Lipinski definition) is 5. The normalized spacial score (nSPS) is 13.8. The van der Waals surface area contributed by atoms with E-state index in [1.165, 1.54) is 0 Å². The average Bonchev–Trinajstić information content (AvgIpc) is 2.73. The third-order valence-electron chi connectivity index (χ3n) is 2.33. The molecule has 0 radical (unpaired) electrons. The maximum atomic E-state index is 12.0. The molecule has 0 aromatic carbocycles. The van der Waals surface area contributed by atoms with E-state index in [0.717, 1.165) is 11.3 Å². The molecule has 1 heterocycles. The Morgan fingerprint density at radius 3 is 2.72 bits per heavy atom. The number of nitrogens with two attached hydrogens (primary N) is 1. The molecule has 0 fully saturated rings. The van der Waals surface area contributed by atoms with E-state index in [-0.39, 0.29) is 16.6 Å². The number of nitrogens with zero attached hydrogens (tertiary/aromatic N) is 1. The molecule has 102 valence electrons. The van der Waals surface area contributed by atoms with Crippen molar-refractivity contribution < 1.29 is 13.6 Å². The van der Waals surface area contributed by atoms with Gasteiger partial charge in [0.1, 0.15) is 10.0 Å². The van der Waals surface area contributed by atoms with E-state index in [2.05, 4.69) is 25.8 Å². The van der Waals surface area contributed by atoms with Gasteiger partial charge in [0.05, 0.1) is 0 Å². The molecule has 9 heteroatoms. The van der Waals surface area contributed by atoms with Gasteiger partial charge in [-0.3, -0.25) is 0 Å². The number of thiophene rings is 1. The predicted molar refractivity (Wildman–Crippen MR) is 74.4 cm³/mol. The molecule has 1 aromatic heterocycles. The molecule has 1 rings (SSSR count). The van der Waals surface area contributed by atoms with Gasteiger partial charge < -0.3 is 10.9 Å². The summed E-state index contributed by atoms with van der Waals surface area (Å²) in [4.78, 5) is 0. The second kappa shape index (κ2) is 5.55. The SMILES string of the molecule is CC(C)(CNS(=O)(=O)c1sccc1Br)/C(N)=N/O. The third-order valence-corrected chi connectivity index (χ3v) is 6.41. The lowest BCUT2D eigenvalue weighted by atomic mass is 9.93. The standard InChI is InChI=1S/C9H14BrN3O3S2/c1-9(2,8(11)13-14)5-12-18(15,16)7-6(10)3-4-17-7/h3-4,12,14H,5H2,1-2H3,(H2,11,13). The molecule has 18 heavy (non-hydrogen) atoms. The Morgan fingerprint density at radius 1 is 1.67 bits per heavy atom. The van der Waals surface area contributed by atoms with Crippen molar-refractivity contribution in [3.63, 3.8) is 0 Å². The Kier molecular flexibility index (Phi) is 4.76. The van der Waals surface area contributed by atoms with Crippen LogP contribution in [0.15, 0.2) is 25.3 Å². The lowest BCUT2D eigenvalue weighted by Crippen LogP contribution is -2.42. The van der Waals surface area contributed by atoms with Gasteiger partial charge in [-0.2, -0.15) is 0 Å². The molecule has 0 saturated heterocycles. The summed E-state index contributed by atoms with van der Waals surface area (Å²) >= 11 is 4.28. The zero-order valence-corrected chi connectivity index (χ0v) is 13.1. The number of rotatable bonds is 5. The maximum absolute atomic E-state index is 12.0. The largest absolute Gasteiger partial charge is 0.409 e. The van der Waals surface area contributed by atoms with Gasteiger partial charge in [0.2, 0.25) is 0 Å². The minimum absolute atomic E-state index is 0.0320. The molecule has 0 atom stereocenters. The Hall–Kier alpha value is -0.640. The average molecular weight is 356 g/mol. The van der Waals surface area contributed by atoms with Crippen molar-refractivity contribution in [3.05, 3.63) is 15.9 Å². The van der Waals surface area contributed by atoms with Crippen molar-refractivity contribution in [2.24, 2.45) is 16.3 Å². The van der Waals surface area contributed by atoms with Crippen LogP contribution >= 0.6 is 27.3 Å². The number of oxime groups is 1. The zero-order valence-electron chi connectivity index (χ0n) is 9.84. The minimum atomic E-state index is -3.59. The molecule has 0 spiro atoms.